The Hall–Kier alpha value is -3.60. The summed E-state index contributed by atoms with van der Waals surface area (Å²) in [5.74, 6) is -4.17. The van der Waals surface area contributed by atoms with E-state index >= 15 is 0 Å². The number of nitrogens with zero attached hydrogens (tertiary/aromatic N) is 2. The molecule has 0 spiro atoms. The number of amides is 2. The van der Waals surface area contributed by atoms with Crippen LogP contribution >= 0.6 is 0 Å². The molecule has 1 aromatic heterocycles. The van der Waals surface area contributed by atoms with Gasteiger partial charge in [-0.15, -0.1) is 0 Å². The van der Waals surface area contributed by atoms with Gasteiger partial charge in [-0.3, -0.25) is 19.2 Å². The molecule has 3 heterocycles. The van der Waals surface area contributed by atoms with Crippen LogP contribution in [-0.2, 0) is 22.6 Å². The van der Waals surface area contributed by atoms with E-state index in [1.165, 1.54) is 21.7 Å². The number of halogens is 2. The van der Waals surface area contributed by atoms with Crippen LogP contribution < -0.4 is 15.5 Å². The van der Waals surface area contributed by atoms with Crippen molar-refractivity contribution in [2.24, 2.45) is 5.41 Å². The molecule has 1 fully saturated rings. The molecule has 1 N–H and O–H groups in total. The van der Waals surface area contributed by atoms with E-state index in [9.17, 15) is 28.0 Å². The summed E-state index contributed by atoms with van der Waals surface area (Å²) >= 11 is 0. The highest BCUT2D eigenvalue weighted by molar-refractivity contribution is 6.00. The fourth-order valence-corrected chi connectivity index (χ4v) is 5.68. The second-order valence-corrected chi connectivity index (χ2v) is 11.9. The smallest absolute Gasteiger partial charge is 0.311 e. The van der Waals surface area contributed by atoms with E-state index in [1.807, 2.05) is 6.92 Å². The van der Waals surface area contributed by atoms with Crippen LogP contribution in [0.5, 0.6) is 5.75 Å². The number of aromatic nitrogens is 1. The number of pyridine rings is 1. The van der Waals surface area contributed by atoms with Gasteiger partial charge in [-0.05, 0) is 44.1 Å². The Morgan fingerprint density at radius 3 is 2.64 bits per heavy atom. The van der Waals surface area contributed by atoms with E-state index in [0.717, 1.165) is 31.7 Å². The monoisotopic (exact) mass is 587 g/mol. The van der Waals surface area contributed by atoms with E-state index in [0.29, 0.717) is 25.5 Å². The molecule has 0 bridgehead atoms. The molecular weight excluding hydrogens is 548 g/mol. The number of rotatable bonds is 11. The minimum absolute atomic E-state index is 0.0204. The molecule has 0 aliphatic carbocycles. The fraction of sp³-hybridized carbons (Fsp3) is 0.548. The van der Waals surface area contributed by atoms with Crippen molar-refractivity contribution in [3.8, 4) is 5.75 Å². The van der Waals surface area contributed by atoms with Crippen LogP contribution in [-0.4, -0.2) is 46.1 Å². The minimum atomic E-state index is -0.923. The van der Waals surface area contributed by atoms with Gasteiger partial charge in [-0.25, -0.2) is 8.78 Å². The summed E-state index contributed by atoms with van der Waals surface area (Å²) in [5.41, 5.74) is -1.24. The number of carbonyl (C=O) groups excluding carboxylic acids is 3. The first-order valence-corrected chi connectivity index (χ1v) is 14.6. The molecule has 9 nitrogen and oxygen atoms in total. The number of ether oxygens (including phenoxy) is 2. The maximum absolute atomic E-state index is 14.1. The Morgan fingerprint density at radius 2 is 1.93 bits per heavy atom. The number of fused-ring (bicyclic) bond motifs is 2. The average molecular weight is 588 g/mol. The lowest BCUT2D eigenvalue weighted by Crippen LogP contribution is -2.57. The van der Waals surface area contributed by atoms with Gasteiger partial charge in [0.1, 0.15) is 17.2 Å². The number of unbranched alkanes of at least 4 members (excludes halogenated alkanes) is 1. The SMILES string of the molecule is CCCC(C)(C)CCCCC(=O)Oc1c2n(cc(C(=O)NCc3ccc(F)cc3F)c1=O)C[C@@H]1OCC[C@@H](C)N1C2=O. The Balaban J connectivity index is 1.59. The first-order valence-electron chi connectivity index (χ1n) is 14.6. The van der Waals surface area contributed by atoms with Gasteiger partial charge in [0, 0.05) is 36.8 Å². The third kappa shape index (κ3) is 7.06. The normalized spacial score (nSPS) is 18.3. The van der Waals surface area contributed by atoms with Crippen molar-refractivity contribution in [3.63, 3.8) is 0 Å². The van der Waals surface area contributed by atoms with Crippen molar-refractivity contribution >= 4 is 17.8 Å². The van der Waals surface area contributed by atoms with Gasteiger partial charge >= 0.3 is 5.97 Å². The van der Waals surface area contributed by atoms with Crippen LogP contribution in [0.15, 0.2) is 29.2 Å². The van der Waals surface area contributed by atoms with Crippen LogP contribution in [0.25, 0.3) is 0 Å². The number of hydrogen-bond donors (Lipinski definition) is 1. The zero-order valence-electron chi connectivity index (χ0n) is 24.6. The maximum Gasteiger partial charge on any atom is 0.311 e. The van der Waals surface area contributed by atoms with Gasteiger partial charge in [0.2, 0.25) is 11.2 Å². The van der Waals surface area contributed by atoms with Gasteiger partial charge < -0.3 is 24.3 Å². The molecule has 2 atom stereocenters. The van der Waals surface area contributed by atoms with Gasteiger partial charge in [0.25, 0.3) is 11.8 Å². The molecule has 1 saturated heterocycles. The van der Waals surface area contributed by atoms with Crippen molar-refractivity contribution in [1.82, 2.24) is 14.8 Å². The Morgan fingerprint density at radius 1 is 1.17 bits per heavy atom. The molecule has 42 heavy (non-hydrogen) atoms. The van der Waals surface area contributed by atoms with Crippen LogP contribution in [0.3, 0.4) is 0 Å². The lowest BCUT2D eigenvalue weighted by atomic mass is 9.83. The molecule has 2 amide bonds. The van der Waals surface area contributed by atoms with Crippen LogP contribution in [0, 0.1) is 17.0 Å². The van der Waals surface area contributed by atoms with E-state index in [-0.39, 0.29) is 47.8 Å². The van der Waals surface area contributed by atoms with Gasteiger partial charge in [0.15, 0.2) is 11.9 Å². The van der Waals surface area contributed by atoms with E-state index in [2.05, 4.69) is 26.1 Å². The van der Waals surface area contributed by atoms with Crippen molar-refractivity contribution < 1.29 is 32.6 Å². The summed E-state index contributed by atoms with van der Waals surface area (Å²) in [4.78, 5) is 54.8. The largest absolute Gasteiger partial charge is 0.420 e. The summed E-state index contributed by atoms with van der Waals surface area (Å²) in [6, 6.07) is 2.78. The standard InChI is InChI=1S/C31H39F2N3O6/c1-5-12-31(3,4)13-7-6-8-25(37)42-28-26-30(40)36-19(2)11-14-41-24(36)18-35(26)17-22(27(28)38)29(39)34-16-20-9-10-21(32)15-23(20)33/h9-10,15,17,19,24H,5-8,11-14,16,18H2,1-4H3,(H,34,39)/t19-,24+/m1/s1. The molecule has 0 saturated carbocycles. The summed E-state index contributed by atoms with van der Waals surface area (Å²) in [6.07, 6.45) is 5.69. The molecule has 228 valence electrons. The van der Waals surface area contributed by atoms with Crippen molar-refractivity contribution in [2.75, 3.05) is 6.61 Å². The minimum Gasteiger partial charge on any atom is -0.420 e. The first kappa shape index (κ1) is 31.3. The quantitative estimate of drug-likeness (QED) is 0.295. The molecule has 4 rings (SSSR count). The predicted octanol–water partition coefficient (Wildman–Crippen LogP) is 4.94. The molecule has 1 aromatic carbocycles. The fourth-order valence-electron chi connectivity index (χ4n) is 5.68. The first-order chi connectivity index (χ1) is 19.9. The highest BCUT2D eigenvalue weighted by Gasteiger charge is 2.42. The summed E-state index contributed by atoms with van der Waals surface area (Å²) in [6.45, 7) is 8.64. The third-order valence-corrected chi connectivity index (χ3v) is 7.99. The van der Waals surface area contributed by atoms with E-state index in [1.54, 1.807) is 0 Å². The van der Waals surface area contributed by atoms with E-state index < -0.39 is 46.8 Å². The molecule has 2 aliphatic rings. The molecule has 2 aromatic rings. The Kier molecular flexibility index (Phi) is 9.81. The molecule has 11 heteroatoms. The zero-order valence-corrected chi connectivity index (χ0v) is 24.6. The summed E-state index contributed by atoms with van der Waals surface area (Å²) < 4.78 is 40.1. The van der Waals surface area contributed by atoms with E-state index in [4.69, 9.17) is 9.47 Å². The highest BCUT2D eigenvalue weighted by Crippen LogP contribution is 2.31. The molecule has 2 aliphatic heterocycles. The second-order valence-electron chi connectivity index (χ2n) is 11.9. The average Bonchev–Trinajstić information content (AvgIpc) is 2.92. The Bertz CT molecular complexity index is 1410. The van der Waals surface area contributed by atoms with Gasteiger partial charge in [-0.1, -0.05) is 39.7 Å². The van der Waals surface area contributed by atoms with Gasteiger partial charge in [0.05, 0.1) is 13.2 Å². The van der Waals surface area contributed by atoms with Crippen molar-refractivity contribution in [2.45, 2.75) is 98.0 Å². The zero-order chi connectivity index (χ0) is 30.6. The number of nitrogens with one attached hydrogen (secondary N) is 1. The lowest BCUT2D eigenvalue weighted by Gasteiger charge is -2.44. The lowest BCUT2D eigenvalue weighted by molar-refractivity contribution is -0.134. The Labute approximate surface area is 244 Å². The van der Waals surface area contributed by atoms with Crippen LogP contribution in [0.2, 0.25) is 0 Å². The van der Waals surface area contributed by atoms with Crippen molar-refractivity contribution in [3.05, 3.63) is 63.1 Å². The summed E-state index contributed by atoms with van der Waals surface area (Å²) in [5, 5.41) is 2.46. The van der Waals surface area contributed by atoms with Gasteiger partial charge in [-0.2, -0.15) is 0 Å². The second kappa shape index (κ2) is 13.1. The summed E-state index contributed by atoms with van der Waals surface area (Å²) in [7, 11) is 0. The predicted molar refractivity (Wildman–Crippen MR) is 151 cm³/mol. The maximum atomic E-state index is 14.1. The van der Waals surface area contributed by atoms with Crippen molar-refractivity contribution in [1.29, 1.82) is 0 Å². The third-order valence-electron chi connectivity index (χ3n) is 7.99. The number of carbonyl (C=O) groups is 3. The molecular formula is C31H39F2N3O6. The highest BCUT2D eigenvalue weighted by atomic mass is 19.1. The van der Waals surface area contributed by atoms with Crippen LogP contribution in [0.4, 0.5) is 8.78 Å². The number of esters is 1. The number of hydrogen-bond acceptors (Lipinski definition) is 6. The number of benzene rings is 1. The van der Waals surface area contributed by atoms with Crippen LogP contribution in [0.1, 0.15) is 99.1 Å². The topological polar surface area (TPSA) is 107 Å². The molecule has 0 radical (unpaired) electrons. The molecule has 0 unspecified atom stereocenters.